The van der Waals surface area contributed by atoms with E-state index in [0.29, 0.717) is 26.6 Å². The van der Waals surface area contributed by atoms with Gasteiger partial charge in [-0.2, -0.15) is 5.26 Å². The minimum Gasteiger partial charge on any atom is -0.337 e. The van der Waals surface area contributed by atoms with Gasteiger partial charge in [0.1, 0.15) is 17.6 Å². The highest BCUT2D eigenvalue weighted by Gasteiger charge is 2.19. The average Bonchev–Trinajstić information content (AvgIpc) is 3.12. The Hall–Kier alpha value is -3.24. The van der Waals surface area contributed by atoms with Crippen LogP contribution in [0.5, 0.6) is 0 Å². The first-order valence-electron chi connectivity index (χ1n) is 7.83. The molecular weight excluding hydrogens is 350 g/mol. The van der Waals surface area contributed by atoms with Crippen LogP contribution in [0, 0.1) is 18.3 Å². The van der Waals surface area contributed by atoms with Crippen LogP contribution in [0.4, 0.5) is 5.00 Å². The van der Waals surface area contributed by atoms with Crippen molar-refractivity contribution in [3.8, 4) is 6.07 Å². The number of carbonyl (C=O) groups is 3. The second-order valence-corrected chi connectivity index (χ2v) is 6.84. The van der Waals surface area contributed by atoms with Crippen LogP contribution >= 0.6 is 11.3 Å². The second kappa shape index (κ2) is 6.94. The zero-order chi connectivity index (χ0) is 18.8. The summed E-state index contributed by atoms with van der Waals surface area (Å²) in [5.74, 6) is -0.479. The van der Waals surface area contributed by atoms with Crippen LogP contribution in [0.15, 0.2) is 30.5 Å². The molecule has 0 saturated heterocycles. The number of ketones is 1. The molecule has 0 aliphatic carbocycles. The summed E-state index contributed by atoms with van der Waals surface area (Å²) >= 11 is 1.10. The maximum absolute atomic E-state index is 12.5. The first-order chi connectivity index (χ1) is 12.5. The van der Waals surface area contributed by atoms with E-state index in [2.05, 4.69) is 5.32 Å². The summed E-state index contributed by atoms with van der Waals surface area (Å²) in [6, 6.07) is 9.36. The Morgan fingerprint density at radius 2 is 2.08 bits per heavy atom. The highest BCUT2D eigenvalue weighted by molar-refractivity contribution is 7.18. The molecule has 0 bridgehead atoms. The molecule has 1 N–H and O–H groups in total. The molecule has 0 aliphatic heterocycles. The molecule has 2 heterocycles. The van der Waals surface area contributed by atoms with Crippen molar-refractivity contribution in [1.82, 2.24) is 4.57 Å². The van der Waals surface area contributed by atoms with Crippen molar-refractivity contribution in [2.75, 3.05) is 5.32 Å². The number of anilines is 1. The van der Waals surface area contributed by atoms with Crippen molar-refractivity contribution < 1.29 is 14.4 Å². The molecule has 0 unspecified atom stereocenters. The number of aromatic nitrogens is 1. The number of nitrogens with zero attached hydrogens (tertiary/aromatic N) is 2. The summed E-state index contributed by atoms with van der Waals surface area (Å²) in [4.78, 5) is 35.8. The maximum Gasteiger partial charge on any atom is 0.244 e. The van der Waals surface area contributed by atoms with Gasteiger partial charge in [0.15, 0.2) is 12.1 Å². The zero-order valence-electron chi connectivity index (χ0n) is 14.2. The van der Waals surface area contributed by atoms with Crippen molar-refractivity contribution in [1.29, 1.82) is 5.26 Å². The first-order valence-corrected chi connectivity index (χ1v) is 8.65. The van der Waals surface area contributed by atoms with E-state index in [1.807, 2.05) is 30.3 Å². The molecule has 0 atom stereocenters. The number of benzene rings is 1. The van der Waals surface area contributed by atoms with Crippen LogP contribution in [-0.2, 0) is 11.3 Å². The molecule has 3 rings (SSSR count). The Morgan fingerprint density at radius 1 is 1.35 bits per heavy atom. The van der Waals surface area contributed by atoms with Gasteiger partial charge in [0.2, 0.25) is 5.91 Å². The fourth-order valence-corrected chi connectivity index (χ4v) is 3.96. The lowest BCUT2D eigenvalue weighted by molar-refractivity contribution is -0.116. The Morgan fingerprint density at radius 3 is 2.73 bits per heavy atom. The predicted molar refractivity (Wildman–Crippen MR) is 99.7 cm³/mol. The molecule has 7 heteroatoms. The third-order valence-corrected chi connectivity index (χ3v) is 5.40. The standard InChI is InChI=1S/C19H15N3O3S/c1-11-15(7-20)19(26-18(11)12(2)24)21-17(25)9-22-8-13(10-23)14-5-3-4-6-16(14)22/h3-6,8,10H,9H2,1-2H3,(H,21,25). The molecule has 0 radical (unpaired) electrons. The summed E-state index contributed by atoms with van der Waals surface area (Å²) in [5, 5.41) is 13.2. The molecular formula is C19H15N3O3S. The average molecular weight is 365 g/mol. The largest absolute Gasteiger partial charge is 0.337 e. The number of nitrogens with one attached hydrogen (secondary N) is 1. The normalized spacial score (nSPS) is 10.5. The summed E-state index contributed by atoms with van der Waals surface area (Å²) in [6.45, 7) is 3.11. The van der Waals surface area contributed by atoms with Crippen molar-refractivity contribution in [3.63, 3.8) is 0 Å². The summed E-state index contributed by atoms with van der Waals surface area (Å²) in [5.41, 5.74) is 2.17. The number of Topliss-reactive ketones (excluding diaryl/α,β-unsaturated/α-hetero) is 1. The molecule has 1 amide bonds. The van der Waals surface area contributed by atoms with Gasteiger partial charge in [-0.1, -0.05) is 18.2 Å². The topological polar surface area (TPSA) is 92.0 Å². The van der Waals surface area contributed by atoms with Gasteiger partial charge in [0.25, 0.3) is 0 Å². The van der Waals surface area contributed by atoms with Gasteiger partial charge in [-0.3, -0.25) is 14.4 Å². The van der Waals surface area contributed by atoms with Crippen LogP contribution in [0.1, 0.15) is 38.1 Å². The van der Waals surface area contributed by atoms with Crippen LogP contribution in [0.25, 0.3) is 10.9 Å². The molecule has 1 aromatic carbocycles. The van der Waals surface area contributed by atoms with Crippen molar-refractivity contribution >= 4 is 45.2 Å². The predicted octanol–water partition coefficient (Wildman–Crippen LogP) is 3.54. The van der Waals surface area contributed by atoms with E-state index in [1.54, 1.807) is 17.7 Å². The number of aldehydes is 1. The van der Waals surface area contributed by atoms with Crippen molar-refractivity contribution in [3.05, 3.63) is 52.0 Å². The number of hydrogen-bond acceptors (Lipinski definition) is 5. The minimum absolute atomic E-state index is 0.00836. The van der Waals surface area contributed by atoms with Crippen LogP contribution < -0.4 is 5.32 Å². The van der Waals surface area contributed by atoms with Crippen LogP contribution in [0.2, 0.25) is 0 Å². The molecule has 0 saturated carbocycles. The Balaban J connectivity index is 1.89. The van der Waals surface area contributed by atoms with Crippen LogP contribution in [0.3, 0.4) is 0 Å². The van der Waals surface area contributed by atoms with Gasteiger partial charge in [0.05, 0.1) is 10.4 Å². The summed E-state index contributed by atoms with van der Waals surface area (Å²) in [6.07, 6.45) is 2.38. The molecule has 0 spiro atoms. The number of rotatable bonds is 5. The minimum atomic E-state index is -0.337. The van der Waals surface area contributed by atoms with Crippen molar-refractivity contribution in [2.45, 2.75) is 20.4 Å². The number of amides is 1. The van der Waals surface area contributed by atoms with E-state index in [-0.39, 0.29) is 18.2 Å². The zero-order valence-corrected chi connectivity index (χ0v) is 15.0. The van der Waals surface area contributed by atoms with Gasteiger partial charge in [-0.05, 0) is 25.5 Å². The quantitative estimate of drug-likeness (QED) is 0.553. The smallest absolute Gasteiger partial charge is 0.244 e. The van der Waals surface area contributed by atoms with E-state index in [4.69, 9.17) is 0 Å². The lowest BCUT2D eigenvalue weighted by atomic mass is 10.1. The monoisotopic (exact) mass is 365 g/mol. The Bertz CT molecular complexity index is 1090. The molecule has 0 aliphatic rings. The third-order valence-electron chi connectivity index (χ3n) is 4.09. The lowest BCUT2D eigenvalue weighted by Crippen LogP contribution is -2.18. The number of hydrogen-bond donors (Lipinski definition) is 1. The van der Waals surface area contributed by atoms with E-state index in [0.717, 1.165) is 28.5 Å². The Labute approximate surface area is 153 Å². The summed E-state index contributed by atoms with van der Waals surface area (Å²) < 4.78 is 1.69. The van der Waals surface area contributed by atoms with Crippen LogP contribution in [-0.4, -0.2) is 22.5 Å². The van der Waals surface area contributed by atoms with Gasteiger partial charge < -0.3 is 9.88 Å². The second-order valence-electron chi connectivity index (χ2n) is 5.82. The molecule has 26 heavy (non-hydrogen) atoms. The third kappa shape index (κ3) is 3.03. The number of fused-ring (bicyclic) bond motifs is 1. The summed E-state index contributed by atoms with van der Waals surface area (Å²) in [7, 11) is 0. The number of nitriles is 1. The first kappa shape index (κ1) is 17.6. The van der Waals surface area contributed by atoms with Gasteiger partial charge in [-0.25, -0.2) is 0 Å². The fourth-order valence-electron chi connectivity index (χ4n) is 2.89. The lowest BCUT2D eigenvalue weighted by Gasteiger charge is -2.06. The highest BCUT2D eigenvalue weighted by Crippen LogP contribution is 2.32. The molecule has 0 fully saturated rings. The van der Waals surface area contributed by atoms with E-state index < -0.39 is 0 Å². The number of para-hydroxylation sites is 1. The van der Waals surface area contributed by atoms with Gasteiger partial charge in [-0.15, -0.1) is 11.3 Å². The van der Waals surface area contributed by atoms with E-state index in [1.165, 1.54) is 6.92 Å². The van der Waals surface area contributed by atoms with Gasteiger partial charge in [0, 0.05) is 22.7 Å². The number of carbonyl (C=O) groups excluding carboxylic acids is 3. The fraction of sp³-hybridized carbons (Fsp3) is 0.158. The van der Waals surface area contributed by atoms with Crippen molar-refractivity contribution in [2.24, 2.45) is 0 Å². The SMILES string of the molecule is CC(=O)c1sc(NC(=O)Cn2cc(C=O)c3ccccc32)c(C#N)c1C. The maximum atomic E-state index is 12.5. The molecule has 130 valence electrons. The highest BCUT2D eigenvalue weighted by atomic mass is 32.1. The van der Waals surface area contributed by atoms with E-state index >= 15 is 0 Å². The Kier molecular flexibility index (Phi) is 4.69. The molecule has 2 aromatic heterocycles. The van der Waals surface area contributed by atoms with E-state index in [9.17, 15) is 19.6 Å². The number of thiophene rings is 1. The molecule has 3 aromatic rings. The van der Waals surface area contributed by atoms with Gasteiger partial charge >= 0.3 is 0 Å². The molecule has 6 nitrogen and oxygen atoms in total.